The number of rotatable bonds is 6. The average molecular weight is 344 g/mol. The Morgan fingerprint density at radius 1 is 0.923 bits per heavy atom. The van der Waals surface area contributed by atoms with Gasteiger partial charge in [-0.25, -0.2) is 4.79 Å². The third-order valence-corrected chi connectivity index (χ3v) is 4.05. The Labute approximate surface area is 153 Å². The molecule has 0 unspecified atom stereocenters. The van der Waals surface area contributed by atoms with E-state index in [0.29, 0.717) is 11.3 Å². The van der Waals surface area contributed by atoms with Crippen molar-refractivity contribution in [3.8, 4) is 11.5 Å². The van der Waals surface area contributed by atoms with Gasteiger partial charge in [0.2, 0.25) is 0 Å². The fourth-order valence-electron chi connectivity index (χ4n) is 2.65. The molecule has 3 rings (SSSR count). The molecule has 3 aromatic rings. The second-order valence-electron chi connectivity index (χ2n) is 5.90. The quantitative estimate of drug-likeness (QED) is 0.463. The Morgan fingerprint density at radius 3 is 2.27 bits per heavy atom. The van der Waals surface area contributed by atoms with Crippen LogP contribution in [0, 0.1) is 0 Å². The third-order valence-electron chi connectivity index (χ3n) is 4.05. The van der Waals surface area contributed by atoms with Crippen molar-refractivity contribution in [2.24, 2.45) is 0 Å². The molecular formula is C23H20O3. The van der Waals surface area contributed by atoms with Crippen LogP contribution in [0.5, 0.6) is 11.5 Å². The van der Waals surface area contributed by atoms with Crippen LogP contribution < -0.4 is 4.74 Å². The van der Waals surface area contributed by atoms with Crippen molar-refractivity contribution >= 4 is 17.6 Å². The molecule has 0 aliphatic carbocycles. The third kappa shape index (κ3) is 4.39. The Morgan fingerprint density at radius 2 is 1.62 bits per heavy atom. The van der Waals surface area contributed by atoms with Gasteiger partial charge in [-0.1, -0.05) is 61.5 Å². The molecule has 3 aromatic carbocycles. The van der Waals surface area contributed by atoms with Crippen molar-refractivity contribution in [3.63, 3.8) is 0 Å². The van der Waals surface area contributed by atoms with Crippen LogP contribution in [-0.2, 0) is 11.2 Å². The van der Waals surface area contributed by atoms with Gasteiger partial charge >= 0.3 is 5.97 Å². The Bertz CT molecular complexity index is 910. The lowest BCUT2D eigenvalue weighted by Gasteiger charge is -2.08. The summed E-state index contributed by atoms with van der Waals surface area (Å²) in [7, 11) is 0. The average Bonchev–Trinajstić information content (AvgIpc) is 2.67. The fraction of sp³-hybridized carbons (Fsp3) is 0.0870. The van der Waals surface area contributed by atoms with E-state index in [2.05, 4.69) is 6.92 Å². The van der Waals surface area contributed by atoms with Crippen molar-refractivity contribution in [1.82, 2.24) is 0 Å². The Kier molecular flexibility index (Phi) is 5.49. The van der Waals surface area contributed by atoms with Crippen molar-refractivity contribution in [1.29, 1.82) is 0 Å². The standard InChI is InChI=1S/C23H20O3/c1-2-17-11-13-19(14-12-17)22(23(24)25)16-18-7-6-10-21(15-18)26-20-8-4-3-5-9-20/h3-16H,2H2,1H3,(H,24,25)/b22-16-. The largest absolute Gasteiger partial charge is 0.478 e. The van der Waals surface area contributed by atoms with Crippen LogP contribution >= 0.6 is 0 Å². The molecule has 0 amide bonds. The minimum Gasteiger partial charge on any atom is -0.478 e. The van der Waals surface area contributed by atoms with Gasteiger partial charge < -0.3 is 9.84 Å². The number of carbonyl (C=O) groups is 1. The summed E-state index contributed by atoms with van der Waals surface area (Å²) in [5.41, 5.74) is 2.89. The first-order chi connectivity index (χ1) is 12.7. The summed E-state index contributed by atoms with van der Waals surface area (Å²) >= 11 is 0. The fourth-order valence-corrected chi connectivity index (χ4v) is 2.65. The van der Waals surface area contributed by atoms with Crippen molar-refractivity contribution in [3.05, 3.63) is 95.6 Å². The molecule has 0 fully saturated rings. The van der Waals surface area contributed by atoms with Gasteiger partial charge in [0.1, 0.15) is 11.5 Å². The van der Waals surface area contributed by atoms with E-state index in [4.69, 9.17) is 4.74 Å². The summed E-state index contributed by atoms with van der Waals surface area (Å²) in [6.07, 6.45) is 2.59. The van der Waals surface area contributed by atoms with Crippen molar-refractivity contribution in [2.75, 3.05) is 0 Å². The van der Waals surface area contributed by atoms with E-state index in [1.54, 1.807) is 6.08 Å². The number of hydrogen-bond donors (Lipinski definition) is 1. The number of hydrogen-bond acceptors (Lipinski definition) is 2. The molecule has 1 N–H and O–H groups in total. The lowest BCUT2D eigenvalue weighted by Crippen LogP contribution is -2.00. The first kappa shape index (κ1) is 17.5. The van der Waals surface area contributed by atoms with E-state index in [1.807, 2.05) is 78.9 Å². The van der Waals surface area contributed by atoms with Crippen LogP contribution in [0.1, 0.15) is 23.6 Å². The molecule has 0 aromatic heterocycles. The van der Waals surface area contributed by atoms with Crippen molar-refractivity contribution in [2.45, 2.75) is 13.3 Å². The molecule has 0 atom stereocenters. The molecule has 0 spiro atoms. The zero-order chi connectivity index (χ0) is 18.4. The molecule has 130 valence electrons. The molecule has 0 heterocycles. The SMILES string of the molecule is CCc1ccc(/C(=C/c2cccc(Oc3ccccc3)c2)C(=O)O)cc1. The van der Waals surface area contributed by atoms with E-state index in [9.17, 15) is 9.90 Å². The van der Waals surface area contributed by atoms with Crippen LogP contribution in [0.15, 0.2) is 78.9 Å². The summed E-state index contributed by atoms with van der Waals surface area (Å²) in [6.45, 7) is 2.07. The van der Waals surface area contributed by atoms with Gasteiger partial charge in [-0.3, -0.25) is 0 Å². The minimum atomic E-state index is -0.955. The Hall–Kier alpha value is -3.33. The number of carboxylic acid groups (broad SMARTS) is 1. The van der Waals surface area contributed by atoms with Gasteiger partial charge in [0.05, 0.1) is 5.57 Å². The van der Waals surface area contributed by atoms with Gasteiger partial charge in [0.25, 0.3) is 0 Å². The maximum Gasteiger partial charge on any atom is 0.336 e. The first-order valence-corrected chi connectivity index (χ1v) is 8.53. The number of carboxylic acids is 1. The van der Waals surface area contributed by atoms with Crippen LogP contribution in [0.25, 0.3) is 11.6 Å². The smallest absolute Gasteiger partial charge is 0.336 e. The molecule has 3 heteroatoms. The molecule has 0 bridgehead atoms. The van der Waals surface area contributed by atoms with Crippen LogP contribution in [0.3, 0.4) is 0 Å². The summed E-state index contributed by atoms with van der Waals surface area (Å²) in [6, 6.07) is 24.5. The van der Waals surface area contributed by atoms with Gasteiger partial charge in [-0.05, 0) is 53.5 Å². The van der Waals surface area contributed by atoms with E-state index in [0.717, 1.165) is 17.7 Å². The second kappa shape index (κ2) is 8.17. The van der Waals surface area contributed by atoms with Crippen LogP contribution in [-0.4, -0.2) is 11.1 Å². The maximum atomic E-state index is 11.7. The summed E-state index contributed by atoms with van der Waals surface area (Å²) in [4.78, 5) is 11.7. The minimum absolute atomic E-state index is 0.254. The van der Waals surface area contributed by atoms with Gasteiger partial charge in [0.15, 0.2) is 0 Å². The molecular weight excluding hydrogens is 324 g/mol. The molecule has 0 saturated carbocycles. The molecule has 3 nitrogen and oxygen atoms in total. The van der Waals surface area contributed by atoms with Gasteiger partial charge in [0, 0.05) is 0 Å². The Balaban J connectivity index is 1.90. The van der Waals surface area contributed by atoms with Gasteiger partial charge in [-0.15, -0.1) is 0 Å². The first-order valence-electron chi connectivity index (χ1n) is 8.53. The molecule has 0 saturated heterocycles. The lowest BCUT2D eigenvalue weighted by molar-refractivity contribution is -0.130. The number of benzene rings is 3. The van der Waals surface area contributed by atoms with E-state index < -0.39 is 5.97 Å². The number of para-hydroxylation sites is 1. The monoisotopic (exact) mass is 344 g/mol. The molecule has 0 radical (unpaired) electrons. The normalized spacial score (nSPS) is 11.2. The van der Waals surface area contributed by atoms with Crippen LogP contribution in [0.4, 0.5) is 0 Å². The highest BCUT2D eigenvalue weighted by Crippen LogP contribution is 2.25. The van der Waals surface area contributed by atoms with Crippen molar-refractivity contribution < 1.29 is 14.6 Å². The zero-order valence-corrected chi connectivity index (χ0v) is 14.6. The molecule has 26 heavy (non-hydrogen) atoms. The molecule has 0 aliphatic rings. The van der Waals surface area contributed by atoms with E-state index in [1.165, 1.54) is 5.56 Å². The lowest BCUT2D eigenvalue weighted by atomic mass is 10.0. The van der Waals surface area contributed by atoms with Crippen LogP contribution in [0.2, 0.25) is 0 Å². The summed E-state index contributed by atoms with van der Waals surface area (Å²) < 4.78 is 5.82. The van der Waals surface area contributed by atoms with E-state index >= 15 is 0 Å². The maximum absolute atomic E-state index is 11.7. The summed E-state index contributed by atoms with van der Waals surface area (Å²) in [5.74, 6) is 0.446. The topological polar surface area (TPSA) is 46.5 Å². The number of aryl methyl sites for hydroxylation is 1. The number of ether oxygens (including phenoxy) is 1. The highest BCUT2D eigenvalue weighted by atomic mass is 16.5. The second-order valence-corrected chi connectivity index (χ2v) is 5.90. The molecule has 0 aliphatic heterocycles. The summed E-state index contributed by atoms with van der Waals surface area (Å²) in [5, 5.41) is 9.62. The van der Waals surface area contributed by atoms with Gasteiger partial charge in [-0.2, -0.15) is 0 Å². The zero-order valence-electron chi connectivity index (χ0n) is 14.6. The number of aliphatic carboxylic acids is 1. The highest BCUT2D eigenvalue weighted by Gasteiger charge is 2.11. The van der Waals surface area contributed by atoms with E-state index in [-0.39, 0.29) is 5.57 Å². The predicted molar refractivity (Wildman–Crippen MR) is 104 cm³/mol. The predicted octanol–water partition coefficient (Wildman–Crippen LogP) is 5.67. The highest BCUT2D eigenvalue weighted by molar-refractivity contribution is 6.20.